The van der Waals surface area contributed by atoms with E-state index in [1.807, 2.05) is 6.08 Å². The number of ether oxygens (including phenoxy) is 7. The summed E-state index contributed by atoms with van der Waals surface area (Å²) in [5.41, 5.74) is 0.292. The maximum Gasteiger partial charge on any atom is 0.338 e. The number of carbonyl (C=O) groups is 6. The van der Waals surface area contributed by atoms with Crippen molar-refractivity contribution in [3.05, 3.63) is 48.0 Å². The van der Waals surface area contributed by atoms with Gasteiger partial charge in [0.15, 0.2) is 18.5 Å². The van der Waals surface area contributed by atoms with Crippen LogP contribution < -0.4 is 5.32 Å². The Labute approximate surface area is 424 Å². The van der Waals surface area contributed by atoms with Gasteiger partial charge in [-0.25, -0.2) is 14.4 Å². The van der Waals surface area contributed by atoms with Crippen LogP contribution in [0.25, 0.3) is 0 Å². The van der Waals surface area contributed by atoms with Gasteiger partial charge in [0.25, 0.3) is 0 Å². The molecule has 1 aromatic rings. The lowest BCUT2D eigenvalue weighted by Crippen LogP contribution is -2.63. The second-order valence-corrected chi connectivity index (χ2v) is 18.8. The predicted molar refractivity (Wildman–Crippen MR) is 270 cm³/mol. The molecule has 1 saturated heterocycles. The Balaban J connectivity index is 2.35. The summed E-state index contributed by atoms with van der Waals surface area (Å²) in [4.78, 5) is 75.6. The van der Waals surface area contributed by atoms with Gasteiger partial charge in [0, 0.05) is 20.3 Å². The van der Waals surface area contributed by atoms with Gasteiger partial charge in [0.05, 0.1) is 24.8 Å². The van der Waals surface area contributed by atoms with E-state index in [1.165, 1.54) is 103 Å². The van der Waals surface area contributed by atoms with Gasteiger partial charge >= 0.3 is 29.8 Å². The summed E-state index contributed by atoms with van der Waals surface area (Å²) >= 11 is 0. The molecule has 71 heavy (non-hydrogen) atoms. The van der Waals surface area contributed by atoms with E-state index in [2.05, 4.69) is 19.2 Å². The van der Waals surface area contributed by atoms with Crippen LogP contribution >= 0.6 is 0 Å². The third kappa shape index (κ3) is 30.3. The Morgan fingerprint density at radius 2 is 1.11 bits per heavy atom. The topological polar surface area (TPSA) is 220 Å². The highest BCUT2D eigenvalue weighted by Crippen LogP contribution is 2.30. The van der Waals surface area contributed by atoms with Gasteiger partial charge in [-0.15, -0.1) is 0 Å². The van der Waals surface area contributed by atoms with Crippen LogP contribution in [0.3, 0.4) is 0 Å². The van der Waals surface area contributed by atoms with Crippen LogP contribution in [0.5, 0.6) is 0 Å². The smallest absolute Gasteiger partial charge is 0.338 e. The lowest BCUT2D eigenvalue weighted by Gasteiger charge is -2.44. The van der Waals surface area contributed by atoms with Crippen molar-refractivity contribution < 1.29 is 72.1 Å². The van der Waals surface area contributed by atoms with E-state index in [0.717, 1.165) is 58.8 Å². The highest BCUT2D eigenvalue weighted by molar-refractivity contribution is 5.89. The Morgan fingerprint density at radius 1 is 0.620 bits per heavy atom. The van der Waals surface area contributed by atoms with E-state index in [4.69, 9.17) is 33.2 Å². The van der Waals surface area contributed by atoms with Crippen molar-refractivity contribution in [3.63, 3.8) is 0 Å². The molecule has 0 aliphatic carbocycles. The molecule has 7 atom stereocenters. The van der Waals surface area contributed by atoms with Gasteiger partial charge in [-0.3, -0.25) is 14.4 Å². The molecule has 1 amide bonds. The average molecular weight is 1000 g/mol. The van der Waals surface area contributed by atoms with Gasteiger partial charge in [-0.1, -0.05) is 179 Å². The summed E-state index contributed by atoms with van der Waals surface area (Å²) in [5.74, 6) is -5.27. The molecule has 1 aromatic carbocycles. The van der Waals surface area contributed by atoms with Gasteiger partial charge in [0.2, 0.25) is 5.91 Å². The number of carbonyl (C=O) groups excluding carboxylic acids is 4. The third-order valence-corrected chi connectivity index (χ3v) is 12.3. The van der Waals surface area contributed by atoms with E-state index < -0.39 is 99.1 Å². The summed E-state index contributed by atoms with van der Waals surface area (Å²) in [6.07, 6.45) is 24.2. The molecule has 0 saturated carbocycles. The van der Waals surface area contributed by atoms with Crippen LogP contribution in [0.2, 0.25) is 0 Å². The van der Waals surface area contributed by atoms with Gasteiger partial charge in [-0.2, -0.15) is 0 Å². The van der Waals surface area contributed by atoms with Crippen LogP contribution in [-0.4, -0.2) is 115 Å². The number of rotatable bonds is 43. The van der Waals surface area contributed by atoms with Crippen molar-refractivity contribution in [2.24, 2.45) is 0 Å². The first-order chi connectivity index (χ1) is 34.4. The molecule has 0 unspecified atom stereocenters. The standard InChI is InChI=1S/C55H89NO15/c1-5-7-9-11-13-15-17-19-21-23-25-27-32-36-46(70-54(64)44-34-30-29-31-35-44)45(56-48(59)37-33-28-26-24-22-20-18-16-14-12-10-8-6-2)38-67-55-53(69-43(4)58)52(68-42(3)57)51(66-41-50(62)63)47(71-55)39-65-40-49(60)61/h29-32,34-36,45-47,51-53,55H,5-28,33,37-41H2,1-4H3,(H,56,59)(H,60,61)(H,62,63)/t45-,46+,47+,51-,52-,53+,55-/m0/s1. The van der Waals surface area contributed by atoms with Crippen LogP contribution in [0.4, 0.5) is 0 Å². The highest BCUT2D eigenvalue weighted by Gasteiger charge is 2.52. The molecule has 0 radical (unpaired) electrons. The number of hydrogen-bond donors (Lipinski definition) is 3. The van der Waals surface area contributed by atoms with E-state index in [-0.39, 0.29) is 12.3 Å². The van der Waals surface area contributed by atoms with E-state index in [9.17, 15) is 39.0 Å². The van der Waals surface area contributed by atoms with Crippen LogP contribution in [-0.2, 0) is 57.1 Å². The fraction of sp³-hybridized carbons (Fsp3) is 0.745. The number of unbranched alkanes of at least 4 members (excludes halogenated alkanes) is 23. The monoisotopic (exact) mass is 1000 g/mol. The fourth-order valence-electron chi connectivity index (χ4n) is 8.60. The van der Waals surface area contributed by atoms with Crippen molar-refractivity contribution in [1.29, 1.82) is 0 Å². The summed E-state index contributed by atoms with van der Waals surface area (Å²) < 4.78 is 40.8. The molecule has 0 bridgehead atoms. The van der Waals surface area contributed by atoms with Crippen LogP contribution in [0.15, 0.2) is 42.5 Å². The van der Waals surface area contributed by atoms with Gasteiger partial charge < -0.3 is 48.7 Å². The van der Waals surface area contributed by atoms with Crippen molar-refractivity contribution in [3.8, 4) is 0 Å². The number of aliphatic carboxylic acids is 2. The zero-order chi connectivity index (χ0) is 51.9. The number of esters is 3. The molecule has 404 valence electrons. The second-order valence-electron chi connectivity index (χ2n) is 18.8. The first-order valence-corrected chi connectivity index (χ1v) is 26.8. The number of benzene rings is 1. The molecular weight excluding hydrogens is 915 g/mol. The van der Waals surface area contributed by atoms with Crippen LogP contribution in [0.1, 0.15) is 205 Å². The molecule has 3 N–H and O–H groups in total. The molecule has 1 heterocycles. The molecule has 16 nitrogen and oxygen atoms in total. The van der Waals surface area contributed by atoms with Gasteiger partial charge in [0.1, 0.15) is 31.5 Å². The number of hydrogen-bond acceptors (Lipinski definition) is 13. The first kappa shape index (κ1) is 62.7. The SMILES string of the molecule is CCCCCCCCCCCCCC=C[C@@H](OC(=O)c1ccccc1)[C@H](CO[C@H]1O[C@H](COCC(=O)O)[C@H](OCC(=O)O)[C@H](OC(C)=O)[C@H]1OC(C)=O)NC(=O)CCCCCCCCCCCCCCC. The molecule has 1 aliphatic heterocycles. The lowest BCUT2D eigenvalue weighted by atomic mass is 9.98. The molecule has 2 rings (SSSR count). The quantitative estimate of drug-likeness (QED) is 0.0240. The summed E-state index contributed by atoms with van der Waals surface area (Å²) in [6.45, 7) is 4.14. The largest absolute Gasteiger partial charge is 0.480 e. The summed E-state index contributed by atoms with van der Waals surface area (Å²) in [5, 5.41) is 21.8. The van der Waals surface area contributed by atoms with E-state index in [1.54, 1.807) is 36.4 Å². The molecule has 16 heteroatoms. The Bertz CT molecular complexity index is 1640. The molecule has 1 aliphatic rings. The lowest BCUT2D eigenvalue weighted by molar-refractivity contribution is -0.313. The third-order valence-electron chi connectivity index (χ3n) is 12.3. The van der Waals surface area contributed by atoms with Gasteiger partial charge in [-0.05, 0) is 37.5 Å². The maximum absolute atomic E-state index is 13.8. The number of allylic oxidation sites excluding steroid dienone is 1. The molecule has 0 spiro atoms. The van der Waals surface area contributed by atoms with Crippen LogP contribution in [0, 0.1) is 0 Å². The maximum atomic E-state index is 13.8. The number of carboxylic acids is 2. The Hall–Kier alpha value is -4.38. The van der Waals surface area contributed by atoms with Crippen molar-refractivity contribution in [1.82, 2.24) is 5.32 Å². The zero-order valence-electron chi connectivity index (χ0n) is 43.5. The molecule has 0 aromatic heterocycles. The van der Waals surface area contributed by atoms with Crippen molar-refractivity contribution in [2.75, 3.05) is 26.4 Å². The minimum Gasteiger partial charge on any atom is -0.480 e. The molecular formula is C55H89NO15. The minimum absolute atomic E-state index is 0.201. The zero-order valence-corrected chi connectivity index (χ0v) is 43.5. The average Bonchev–Trinajstić information content (AvgIpc) is 3.33. The second kappa shape index (κ2) is 40.1. The molecule has 1 fully saturated rings. The summed E-state index contributed by atoms with van der Waals surface area (Å²) in [6, 6.07) is 7.42. The number of carboxylic acid groups (broad SMARTS) is 2. The number of amides is 1. The van der Waals surface area contributed by atoms with E-state index in [0.29, 0.717) is 18.4 Å². The van der Waals surface area contributed by atoms with Crippen molar-refractivity contribution >= 4 is 35.8 Å². The van der Waals surface area contributed by atoms with E-state index >= 15 is 0 Å². The first-order valence-electron chi connectivity index (χ1n) is 26.8. The predicted octanol–water partition coefficient (Wildman–Crippen LogP) is 10.6. The van der Waals surface area contributed by atoms with Crippen molar-refractivity contribution in [2.45, 2.75) is 237 Å². The number of nitrogens with one attached hydrogen (secondary N) is 1. The Morgan fingerprint density at radius 3 is 1.62 bits per heavy atom. The minimum atomic E-state index is -1.57. The highest BCUT2D eigenvalue weighted by atomic mass is 16.7. The summed E-state index contributed by atoms with van der Waals surface area (Å²) in [7, 11) is 0. The normalized spacial score (nSPS) is 18.7. The fourth-order valence-corrected chi connectivity index (χ4v) is 8.60. The Kier molecular flexibility index (Phi) is 35.5.